The lowest BCUT2D eigenvalue weighted by Crippen LogP contribution is -2.06. The number of carboxylic acids is 1. The van der Waals surface area contributed by atoms with Gasteiger partial charge in [-0.15, -0.1) is 0 Å². The zero-order chi connectivity index (χ0) is 14.5. The summed E-state index contributed by atoms with van der Waals surface area (Å²) in [6.07, 6.45) is 0.777. The highest BCUT2D eigenvalue weighted by Crippen LogP contribution is 2.18. The first kappa shape index (κ1) is 14.0. The van der Waals surface area contributed by atoms with Crippen LogP contribution in [0.15, 0.2) is 30.3 Å². The molecule has 0 radical (unpaired) electrons. The van der Waals surface area contributed by atoms with Crippen molar-refractivity contribution in [3.8, 4) is 5.75 Å². The van der Waals surface area contributed by atoms with Crippen LogP contribution >= 0.6 is 0 Å². The first-order valence-corrected chi connectivity index (χ1v) is 6.38. The molecule has 0 aliphatic heterocycles. The summed E-state index contributed by atoms with van der Waals surface area (Å²) in [4.78, 5) is 19.3. The Morgan fingerprint density at radius 1 is 1.25 bits per heavy atom. The third-order valence-corrected chi connectivity index (χ3v) is 2.81. The number of rotatable bonds is 5. The highest BCUT2D eigenvalue weighted by molar-refractivity contribution is 5.85. The molecule has 0 amide bonds. The fourth-order valence-electron chi connectivity index (χ4n) is 1.81. The van der Waals surface area contributed by atoms with E-state index in [0.717, 1.165) is 17.8 Å². The summed E-state index contributed by atoms with van der Waals surface area (Å²) in [5.74, 6) is -0.335. The second-order valence-corrected chi connectivity index (χ2v) is 4.36. The Labute approximate surface area is 117 Å². The number of ether oxygens (including phenoxy) is 1. The molecule has 20 heavy (non-hydrogen) atoms. The quantitative estimate of drug-likeness (QED) is 0.905. The molecule has 2 aromatic rings. The third kappa shape index (κ3) is 3.32. The number of aromatic carboxylic acids is 1. The second-order valence-electron chi connectivity index (χ2n) is 4.36. The van der Waals surface area contributed by atoms with Gasteiger partial charge in [-0.1, -0.05) is 13.0 Å². The van der Waals surface area contributed by atoms with Crippen molar-refractivity contribution in [3.63, 3.8) is 0 Å². The van der Waals surface area contributed by atoms with Crippen molar-refractivity contribution in [2.75, 3.05) is 0 Å². The molecule has 0 bridgehead atoms. The van der Waals surface area contributed by atoms with Gasteiger partial charge in [-0.2, -0.15) is 0 Å². The van der Waals surface area contributed by atoms with Gasteiger partial charge in [0.05, 0.1) is 11.4 Å². The maximum atomic E-state index is 10.9. The number of carbonyl (C=O) groups is 1. The van der Waals surface area contributed by atoms with Crippen molar-refractivity contribution in [1.29, 1.82) is 0 Å². The Kier molecular flexibility index (Phi) is 4.30. The van der Waals surface area contributed by atoms with Gasteiger partial charge in [0.2, 0.25) is 0 Å². The topological polar surface area (TPSA) is 72.3 Å². The average Bonchev–Trinajstić information content (AvgIpc) is 2.46. The summed E-state index contributed by atoms with van der Waals surface area (Å²) in [7, 11) is 0. The van der Waals surface area contributed by atoms with Gasteiger partial charge in [-0.3, -0.25) is 4.98 Å². The van der Waals surface area contributed by atoms with Crippen LogP contribution in [0.2, 0.25) is 0 Å². The highest BCUT2D eigenvalue weighted by atomic mass is 16.5. The van der Waals surface area contributed by atoms with E-state index < -0.39 is 5.97 Å². The lowest BCUT2D eigenvalue weighted by Gasteiger charge is -2.10. The summed E-state index contributed by atoms with van der Waals surface area (Å²) < 4.78 is 5.69. The zero-order valence-corrected chi connectivity index (χ0v) is 11.5. The molecular formula is C15H16N2O3. The van der Waals surface area contributed by atoms with Gasteiger partial charge in [-0.25, -0.2) is 9.78 Å². The van der Waals surface area contributed by atoms with Gasteiger partial charge < -0.3 is 9.84 Å². The fraction of sp³-hybridized carbons (Fsp3) is 0.267. The van der Waals surface area contributed by atoms with Gasteiger partial charge in [-0.05, 0) is 37.6 Å². The largest absolute Gasteiger partial charge is 0.485 e. The van der Waals surface area contributed by atoms with Crippen molar-refractivity contribution in [1.82, 2.24) is 9.97 Å². The lowest BCUT2D eigenvalue weighted by atomic mass is 10.2. The van der Waals surface area contributed by atoms with Gasteiger partial charge in [0.15, 0.2) is 0 Å². The molecule has 2 aromatic heterocycles. The molecule has 0 atom stereocenters. The molecule has 2 heterocycles. The maximum Gasteiger partial charge on any atom is 0.354 e. The lowest BCUT2D eigenvalue weighted by molar-refractivity contribution is 0.0690. The van der Waals surface area contributed by atoms with Gasteiger partial charge in [0, 0.05) is 5.69 Å². The summed E-state index contributed by atoms with van der Waals surface area (Å²) >= 11 is 0. The Balaban J connectivity index is 2.12. The van der Waals surface area contributed by atoms with Crippen molar-refractivity contribution < 1.29 is 14.6 Å². The summed E-state index contributed by atoms with van der Waals surface area (Å²) in [6.45, 7) is 4.16. The Hall–Kier alpha value is -2.43. The Morgan fingerprint density at radius 2 is 2.05 bits per heavy atom. The average molecular weight is 272 g/mol. The van der Waals surface area contributed by atoms with Gasteiger partial charge >= 0.3 is 5.97 Å². The molecule has 5 heteroatoms. The molecule has 2 rings (SSSR count). The van der Waals surface area contributed by atoms with E-state index in [9.17, 15) is 4.79 Å². The molecule has 1 N–H and O–H groups in total. The van der Waals surface area contributed by atoms with E-state index in [2.05, 4.69) is 9.97 Å². The number of hydrogen-bond acceptors (Lipinski definition) is 4. The van der Waals surface area contributed by atoms with Crippen LogP contribution in [0.3, 0.4) is 0 Å². The van der Waals surface area contributed by atoms with Crippen LogP contribution in [0, 0.1) is 6.92 Å². The molecule has 104 valence electrons. The molecule has 0 aliphatic carbocycles. The van der Waals surface area contributed by atoms with E-state index in [0.29, 0.717) is 11.4 Å². The second kappa shape index (κ2) is 6.14. The molecule has 5 nitrogen and oxygen atoms in total. The Bertz CT molecular complexity index is 626. The zero-order valence-electron chi connectivity index (χ0n) is 11.5. The molecule has 0 aromatic carbocycles. The minimum atomic E-state index is -1.04. The van der Waals surface area contributed by atoms with E-state index in [1.54, 1.807) is 12.1 Å². The molecule has 0 aliphatic rings. The number of carboxylic acid groups (broad SMARTS) is 1. The van der Waals surface area contributed by atoms with E-state index in [1.807, 2.05) is 26.0 Å². The summed E-state index contributed by atoms with van der Waals surface area (Å²) in [5, 5.41) is 8.89. The molecule has 0 saturated carbocycles. The van der Waals surface area contributed by atoms with E-state index in [4.69, 9.17) is 9.84 Å². The van der Waals surface area contributed by atoms with E-state index >= 15 is 0 Å². The highest BCUT2D eigenvalue weighted by Gasteiger charge is 2.07. The van der Waals surface area contributed by atoms with Crippen LogP contribution in [0.25, 0.3) is 0 Å². The monoisotopic (exact) mass is 272 g/mol. The first-order valence-electron chi connectivity index (χ1n) is 6.38. The number of pyridine rings is 2. The summed E-state index contributed by atoms with van der Waals surface area (Å²) in [5.41, 5.74) is 2.43. The first-order chi connectivity index (χ1) is 9.60. The van der Waals surface area contributed by atoms with Crippen LogP contribution in [-0.2, 0) is 13.0 Å². The SMILES string of the molecule is CCc1nc(C)ccc1OCc1cccc(C(=O)O)n1. The predicted octanol–water partition coefficient (Wildman–Crippen LogP) is 2.62. The molecule has 0 spiro atoms. The predicted molar refractivity (Wildman–Crippen MR) is 73.9 cm³/mol. The van der Waals surface area contributed by atoms with Gasteiger partial charge in [0.25, 0.3) is 0 Å². The van der Waals surface area contributed by atoms with Crippen molar-refractivity contribution in [2.45, 2.75) is 26.9 Å². The molecule has 0 unspecified atom stereocenters. The van der Waals surface area contributed by atoms with Gasteiger partial charge in [0.1, 0.15) is 18.1 Å². The normalized spacial score (nSPS) is 10.3. The minimum absolute atomic E-state index is 0.0175. The standard InChI is InChI=1S/C15H16N2O3/c1-3-12-14(8-7-10(2)16-12)20-9-11-5-4-6-13(17-11)15(18)19/h4-8H,3,9H2,1-2H3,(H,18,19). The van der Waals surface area contributed by atoms with E-state index in [-0.39, 0.29) is 12.3 Å². The van der Waals surface area contributed by atoms with Crippen LogP contribution < -0.4 is 4.74 Å². The number of nitrogens with zero attached hydrogens (tertiary/aromatic N) is 2. The summed E-state index contributed by atoms with van der Waals surface area (Å²) in [6, 6.07) is 8.61. The van der Waals surface area contributed by atoms with Crippen LogP contribution in [0.5, 0.6) is 5.75 Å². The van der Waals surface area contributed by atoms with Crippen LogP contribution in [-0.4, -0.2) is 21.0 Å². The van der Waals surface area contributed by atoms with Crippen LogP contribution in [0.4, 0.5) is 0 Å². The van der Waals surface area contributed by atoms with Crippen molar-refractivity contribution in [3.05, 3.63) is 53.1 Å². The molecule has 0 fully saturated rings. The van der Waals surface area contributed by atoms with Crippen molar-refractivity contribution in [2.24, 2.45) is 0 Å². The smallest absolute Gasteiger partial charge is 0.354 e. The number of aryl methyl sites for hydroxylation is 2. The van der Waals surface area contributed by atoms with Crippen molar-refractivity contribution >= 4 is 5.97 Å². The molecular weight excluding hydrogens is 256 g/mol. The maximum absolute atomic E-state index is 10.9. The molecule has 0 saturated heterocycles. The number of hydrogen-bond donors (Lipinski definition) is 1. The van der Waals surface area contributed by atoms with E-state index in [1.165, 1.54) is 6.07 Å². The third-order valence-electron chi connectivity index (χ3n) is 2.81. The minimum Gasteiger partial charge on any atom is -0.485 e. The number of aromatic nitrogens is 2. The Morgan fingerprint density at radius 3 is 2.75 bits per heavy atom. The van der Waals surface area contributed by atoms with Crippen LogP contribution in [0.1, 0.15) is 34.5 Å². The fourth-order valence-corrected chi connectivity index (χ4v) is 1.81.